The predicted octanol–water partition coefficient (Wildman–Crippen LogP) is 2.87. The van der Waals surface area contributed by atoms with Gasteiger partial charge in [-0.25, -0.2) is 0 Å². The number of amides is 1. The third kappa shape index (κ3) is 3.49. The van der Waals surface area contributed by atoms with Crippen LogP contribution in [0.5, 0.6) is 0 Å². The van der Waals surface area contributed by atoms with Gasteiger partial charge in [0.15, 0.2) is 0 Å². The molecule has 1 aromatic carbocycles. The van der Waals surface area contributed by atoms with Crippen molar-refractivity contribution in [2.75, 3.05) is 13.2 Å². The minimum absolute atomic E-state index is 0.00385. The summed E-state index contributed by atoms with van der Waals surface area (Å²) in [6.07, 6.45) is 3.18. The Morgan fingerprint density at radius 3 is 2.42 bits per heavy atom. The van der Waals surface area contributed by atoms with Crippen molar-refractivity contribution < 1.29 is 19.4 Å². The van der Waals surface area contributed by atoms with Crippen LogP contribution >= 0.6 is 15.9 Å². The van der Waals surface area contributed by atoms with Crippen molar-refractivity contribution in [3.63, 3.8) is 0 Å². The minimum atomic E-state index is -0.763. The number of nitrogens with one attached hydrogen (secondary N) is 1. The summed E-state index contributed by atoms with van der Waals surface area (Å²) in [5.41, 5.74) is 0.416. The lowest BCUT2D eigenvalue weighted by Crippen LogP contribution is -2.50. The molecule has 1 heterocycles. The minimum Gasteiger partial charge on any atom is -0.481 e. The summed E-state index contributed by atoms with van der Waals surface area (Å²) in [7, 11) is 0. The maximum atomic E-state index is 13.1. The number of halogens is 1. The molecule has 2 fully saturated rings. The Bertz CT molecular complexity index is 610. The average molecular weight is 396 g/mol. The van der Waals surface area contributed by atoms with Gasteiger partial charge in [0.1, 0.15) is 0 Å². The first-order valence-corrected chi connectivity index (χ1v) is 9.18. The number of carboxylic acids is 1. The zero-order valence-corrected chi connectivity index (χ0v) is 15.0. The normalized spacial score (nSPS) is 26.0. The van der Waals surface area contributed by atoms with E-state index in [0.29, 0.717) is 38.9 Å². The quantitative estimate of drug-likeness (QED) is 0.821. The van der Waals surface area contributed by atoms with Gasteiger partial charge in [-0.3, -0.25) is 9.59 Å². The predicted molar refractivity (Wildman–Crippen MR) is 92.8 cm³/mol. The Hall–Kier alpha value is -1.40. The maximum Gasteiger partial charge on any atom is 0.306 e. The highest BCUT2D eigenvalue weighted by Gasteiger charge is 2.43. The molecule has 5 nitrogen and oxygen atoms in total. The van der Waals surface area contributed by atoms with Gasteiger partial charge in [-0.05, 0) is 49.8 Å². The molecule has 6 heteroatoms. The van der Waals surface area contributed by atoms with E-state index < -0.39 is 11.4 Å². The highest BCUT2D eigenvalue weighted by atomic mass is 79.9. The van der Waals surface area contributed by atoms with E-state index in [9.17, 15) is 9.59 Å². The maximum absolute atomic E-state index is 13.1. The van der Waals surface area contributed by atoms with E-state index in [0.717, 1.165) is 16.5 Å². The van der Waals surface area contributed by atoms with Crippen LogP contribution in [0.2, 0.25) is 0 Å². The smallest absolute Gasteiger partial charge is 0.306 e. The van der Waals surface area contributed by atoms with Crippen LogP contribution in [0.4, 0.5) is 0 Å². The summed E-state index contributed by atoms with van der Waals surface area (Å²) in [6.45, 7) is 1.12. The molecule has 1 aliphatic heterocycles. The summed E-state index contributed by atoms with van der Waals surface area (Å²) in [5.74, 6) is -1.10. The molecule has 1 saturated heterocycles. The SMILES string of the molecule is O=C(O)[C@@H]1CC[C@H](NC(=O)C2(c3ccc(Br)cc3)CCOCC2)C1. The highest BCUT2D eigenvalue weighted by molar-refractivity contribution is 9.10. The number of benzene rings is 1. The van der Waals surface area contributed by atoms with Gasteiger partial charge in [-0.15, -0.1) is 0 Å². The molecule has 1 saturated carbocycles. The fourth-order valence-electron chi connectivity index (χ4n) is 3.80. The fraction of sp³-hybridized carbons (Fsp3) is 0.556. The monoisotopic (exact) mass is 395 g/mol. The second-order valence-corrected chi connectivity index (χ2v) is 7.64. The van der Waals surface area contributed by atoms with Crippen LogP contribution in [0, 0.1) is 5.92 Å². The molecule has 24 heavy (non-hydrogen) atoms. The van der Waals surface area contributed by atoms with E-state index in [1.165, 1.54) is 0 Å². The lowest BCUT2D eigenvalue weighted by molar-refractivity contribution is -0.141. The number of carbonyl (C=O) groups is 2. The molecule has 1 aliphatic carbocycles. The van der Waals surface area contributed by atoms with Crippen LogP contribution in [0.1, 0.15) is 37.7 Å². The number of hydrogen-bond donors (Lipinski definition) is 2. The largest absolute Gasteiger partial charge is 0.481 e. The molecule has 2 N–H and O–H groups in total. The Balaban J connectivity index is 1.77. The molecule has 130 valence electrons. The van der Waals surface area contributed by atoms with Crippen molar-refractivity contribution in [2.45, 2.75) is 43.6 Å². The first-order valence-electron chi connectivity index (χ1n) is 8.39. The van der Waals surface area contributed by atoms with E-state index in [1.54, 1.807) is 0 Å². The van der Waals surface area contributed by atoms with Gasteiger partial charge in [-0.1, -0.05) is 28.1 Å². The van der Waals surface area contributed by atoms with Crippen molar-refractivity contribution in [1.82, 2.24) is 5.32 Å². The first kappa shape index (κ1) is 17.4. The van der Waals surface area contributed by atoms with E-state index in [1.807, 2.05) is 24.3 Å². The van der Waals surface area contributed by atoms with Gasteiger partial charge < -0.3 is 15.2 Å². The van der Waals surface area contributed by atoms with Gasteiger partial charge in [-0.2, -0.15) is 0 Å². The van der Waals surface area contributed by atoms with Crippen LogP contribution in [0.15, 0.2) is 28.7 Å². The second kappa shape index (κ2) is 7.23. The Morgan fingerprint density at radius 2 is 1.83 bits per heavy atom. The topological polar surface area (TPSA) is 75.6 Å². The molecule has 0 bridgehead atoms. The summed E-state index contributed by atoms with van der Waals surface area (Å²) in [4.78, 5) is 24.2. The Labute approximate surface area is 149 Å². The van der Waals surface area contributed by atoms with Crippen LogP contribution in [0.25, 0.3) is 0 Å². The zero-order chi connectivity index (χ0) is 17.2. The first-order chi connectivity index (χ1) is 11.5. The zero-order valence-electron chi connectivity index (χ0n) is 13.5. The molecule has 0 radical (unpaired) electrons. The van der Waals surface area contributed by atoms with Crippen LogP contribution in [-0.2, 0) is 19.7 Å². The summed E-state index contributed by atoms with van der Waals surface area (Å²) in [6, 6.07) is 7.84. The van der Waals surface area contributed by atoms with Gasteiger partial charge >= 0.3 is 5.97 Å². The van der Waals surface area contributed by atoms with Crippen molar-refractivity contribution in [3.8, 4) is 0 Å². The molecule has 0 unspecified atom stereocenters. The van der Waals surface area contributed by atoms with Crippen molar-refractivity contribution in [3.05, 3.63) is 34.3 Å². The van der Waals surface area contributed by atoms with E-state index in [4.69, 9.17) is 9.84 Å². The molecule has 0 aromatic heterocycles. The molecule has 2 aliphatic rings. The number of aliphatic carboxylic acids is 1. The number of hydrogen-bond acceptors (Lipinski definition) is 3. The summed E-state index contributed by atoms with van der Waals surface area (Å²) < 4.78 is 6.45. The van der Waals surface area contributed by atoms with Crippen molar-refractivity contribution in [1.29, 1.82) is 0 Å². The molecular formula is C18H22BrNO4. The molecular weight excluding hydrogens is 374 g/mol. The summed E-state index contributed by atoms with van der Waals surface area (Å²) in [5, 5.41) is 12.3. The second-order valence-electron chi connectivity index (χ2n) is 6.72. The van der Waals surface area contributed by atoms with E-state index >= 15 is 0 Å². The van der Waals surface area contributed by atoms with Gasteiger partial charge in [0.2, 0.25) is 5.91 Å². The lowest BCUT2D eigenvalue weighted by atomic mass is 9.73. The molecule has 1 amide bonds. The third-order valence-corrected chi connectivity index (χ3v) is 5.82. The average Bonchev–Trinajstić information content (AvgIpc) is 3.05. The molecule has 2 atom stereocenters. The van der Waals surface area contributed by atoms with E-state index in [2.05, 4.69) is 21.2 Å². The van der Waals surface area contributed by atoms with Gasteiger partial charge in [0.05, 0.1) is 11.3 Å². The Kier molecular flexibility index (Phi) is 5.25. The standard InChI is InChI=1S/C18H22BrNO4/c19-14-4-2-13(3-5-14)18(7-9-24-10-8-18)17(23)20-15-6-1-12(11-15)16(21)22/h2-5,12,15H,1,6-11H2,(H,20,23)(H,21,22)/t12-,15+/m1/s1. The molecule has 1 aromatic rings. The lowest BCUT2D eigenvalue weighted by Gasteiger charge is -2.37. The third-order valence-electron chi connectivity index (χ3n) is 5.29. The Morgan fingerprint density at radius 1 is 1.17 bits per heavy atom. The number of ether oxygens (including phenoxy) is 1. The number of carbonyl (C=O) groups excluding carboxylic acids is 1. The molecule has 0 spiro atoms. The van der Waals surface area contributed by atoms with Crippen LogP contribution in [-0.4, -0.2) is 36.2 Å². The van der Waals surface area contributed by atoms with Crippen molar-refractivity contribution in [2.24, 2.45) is 5.92 Å². The fourth-order valence-corrected chi connectivity index (χ4v) is 4.06. The number of rotatable bonds is 4. The molecule has 3 rings (SSSR count). The van der Waals surface area contributed by atoms with Crippen molar-refractivity contribution >= 4 is 27.8 Å². The van der Waals surface area contributed by atoms with Crippen LogP contribution in [0.3, 0.4) is 0 Å². The van der Waals surface area contributed by atoms with Gasteiger partial charge in [0, 0.05) is 23.7 Å². The van der Waals surface area contributed by atoms with Crippen LogP contribution < -0.4 is 5.32 Å². The summed E-state index contributed by atoms with van der Waals surface area (Å²) >= 11 is 3.43. The van der Waals surface area contributed by atoms with E-state index in [-0.39, 0.29) is 17.9 Å². The highest BCUT2D eigenvalue weighted by Crippen LogP contribution is 2.37. The van der Waals surface area contributed by atoms with Gasteiger partial charge in [0.25, 0.3) is 0 Å². The number of carboxylic acid groups (broad SMARTS) is 1.